The van der Waals surface area contributed by atoms with Gasteiger partial charge in [0.1, 0.15) is 11.3 Å². The Morgan fingerprint density at radius 1 is 1.00 bits per heavy atom. The summed E-state index contributed by atoms with van der Waals surface area (Å²) in [6.07, 6.45) is 3.94. The van der Waals surface area contributed by atoms with E-state index in [4.69, 9.17) is 14.3 Å². The van der Waals surface area contributed by atoms with E-state index in [0.29, 0.717) is 30.2 Å². The van der Waals surface area contributed by atoms with Gasteiger partial charge in [-0.3, -0.25) is 9.78 Å². The fourth-order valence-electron chi connectivity index (χ4n) is 4.98. The van der Waals surface area contributed by atoms with Crippen LogP contribution in [0.4, 0.5) is 0 Å². The third-order valence-corrected chi connectivity index (χ3v) is 6.75. The molecule has 1 saturated carbocycles. The summed E-state index contributed by atoms with van der Waals surface area (Å²) in [5.41, 5.74) is 2.36. The number of carbonyl (C=O) groups excluding carboxylic acids is 1. The smallest absolute Gasteiger partial charge is 0.352 e. The van der Waals surface area contributed by atoms with Gasteiger partial charge in [-0.15, -0.1) is 0 Å². The number of hydrogen-bond acceptors (Lipinski definition) is 6. The molecule has 184 valence electrons. The Morgan fingerprint density at radius 2 is 1.72 bits per heavy atom. The van der Waals surface area contributed by atoms with Gasteiger partial charge in [-0.05, 0) is 37.0 Å². The zero-order chi connectivity index (χ0) is 25.0. The maximum atomic E-state index is 12.1. The van der Waals surface area contributed by atoms with Crippen LogP contribution in [0.1, 0.15) is 44.1 Å². The van der Waals surface area contributed by atoms with Gasteiger partial charge in [0, 0.05) is 24.0 Å². The first kappa shape index (κ1) is 23.8. The predicted molar refractivity (Wildman–Crippen MR) is 136 cm³/mol. The Labute approximate surface area is 210 Å². The molecule has 2 unspecified atom stereocenters. The largest absolute Gasteiger partial charge is 0.437 e. The molecule has 1 fully saturated rings. The number of oxazole rings is 1. The molecule has 1 aliphatic rings. The molecule has 0 amide bonds. The van der Waals surface area contributed by atoms with Crippen LogP contribution in [0.5, 0.6) is 5.75 Å². The van der Waals surface area contributed by atoms with Gasteiger partial charge < -0.3 is 9.52 Å². The van der Waals surface area contributed by atoms with E-state index in [1.54, 1.807) is 6.07 Å². The van der Waals surface area contributed by atoms with Crippen molar-refractivity contribution >= 4 is 5.97 Å². The number of aliphatic hydroxyl groups is 1. The molecular formula is C30H29NO5. The Bertz CT molecular complexity index is 1260. The fourth-order valence-corrected chi connectivity index (χ4v) is 4.98. The average molecular weight is 484 g/mol. The Morgan fingerprint density at radius 3 is 2.44 bits per heavy atom. The summed E-state index contributed by atoms with van der Waals surface area (Å²) in [6.45, 7) is 1.29. The number of carbonyl (C=O) groups is 1. The molecule has 0 aliphatic heterocycles. The zero-order valence-electron chi connectivity index (χ0n) is 20.2. The first-order valence-corrected chi connectivity index (χ1v) is 12.3. The van der Waals surface area contributed by atoms with E-state index in [1.807, 2.05) is 78.9 Å². The molecule has 0 saturated heterocycles. The van der Waals surface area contributed by atoms with Crippen LogP contribution in [0.15, 0.2) is 89.3 Å². The van der Waals surface area contributed by atoms with E-state index in [1.165, 1.54) is 6.92 Å². The van der Waals surface area contributed by atoms with Crippen molar-refractivity contribution in [3.8, 4) is 28.3 Å². The maximum absolute atomic E-state index is 12.1. The van der Waals surface area contributed by atoms with Gasteiger partial charge in [-0.2, -0.15) is 0 Å². The van der Waals surface area contributed by atoms with Crippen LogP contribution < -0.4 is 4.89 Å². The number of hydrogen-bond donors (Lipinski definition) is 1. The molecule has 6 nitrogen and oxygen atoms in total. The number of aromatic nitrogens is 1. The molecule has 1 aromatic heterocycles. The van der Waals surface area contributed by atoms with E-state index in [9.17, 15) is 9.90 Å². The van der Waals surface area contributed by atoms with Crippen LogP contribution in [0.2, 0.25) is 0 Å². The molecule has 5 rings (SSSR count). The van der Waals surface area contributed by atoms with Crippen LogP contribution in [0.3, 0.4) is 0 Å². The van der Waals surface area contributed by atoms with Gasteiger partial charge in [0.2, 0.25) is 5.89 Å². The van der Waals surface area contributed by atoms with E-state index in [0.717, 1.165) is 41.6 Å². The van der Waals surface area contributed by atoms with Crippen molar-refractivity contribution in [3.63, 3.8) is 0 Å². The summed E-state index contributed by atoms with van der Waals surface area (Å²) in [4.78, 5) is 25.8. The number of benzene rings is 3. The quantitative estimate of drug-likeness (QED) is 0.239. The molecule has 36 heavy (non-hydrogen) atoms. The van der Waals surface area contributed by atoms with Gasteiger partial charge >= 0.3 is 5.97 Å². The SMILES string of the molecule is CC(=O)OOc1cccc(CC2CCCCC2(O)c2nc(-c3ccccc3)c(-c3ccccc3)o2)c1. The molecular weight excluding hydrogens is 454 g/mol. The molecule has 0 spiro atoms. The topological polar surface area (TPSA) is 81.8 Å². The first-order valence-electron chi connectivity index (χ1n) is 12.3. The predicted octanol–water partition coefficient (Wildman–Crippen LogP) is 6.49. The van der Waals surface area contributed by atoms with Crippen LogP contribution in [0, 0.1) is 5.92 Å². The van der Waals surface area contributed by atoms with Crippen LogP contribution in [0.25, 0.3) is 22.6 Å². The molecule has 0 radical (unpaired) electrons. The van der Waals surface area contributed by atoms with Crippen molar-refractivity contribution in [2.75, 3.05) is 0 Å². The highest BCUT2D eigenvalue weighted by atomic mass is 17.2. The standard InChI is InChI=1S/C30H29NO5/c1-21(32)35-36-26-17-10-11-22(20-26)19-25-16-8-9-18-30(25,33)29-31-27(23-12-4-2-5-13-23)28(34-29)24-14-6-3-7-15-24/h2-7,10-15,17,20,25,33H,8-9,16,18-19H2,1H3. The zero-order valence-corrected chi connectivity index (χ0v) is 20.2. The minimum atomic E-state index is -1.21. The lowest BCUT2D eigenvalue weighted by Gasteiger charge is -2.37. The second-order valence-corrected chi connectivity index (χ2v) is 9.31. The average Bonchev–Trinajstić information content (AvgIpc) is 3.37. The van der Waals surface area contributed by atoms with Crippen molar-refractivity contribution in [3.05, 3.63) is 96.4 Å². The van der Waals surface area contributed by atoms with Crippen LogP contribution in [-0.2, 0) is 21.7 Å². The summed E-state index contributed by atoms with van der Waals surface area (Å²) in [6, 6.07) is 27.2. The van der Waals surface area contributed by atoms with Gasteiger partial charge in [0.15, 0.2) is 11.5 Å². The molecule has 0 bridgehead atoms. The van der Waals surface area contributed by atoms with Crippen LogP contribution >= 0.6 is 0 Å². The Balaban J connectivity index is 1.50. The van der Waals surface area contributed by atoms with E-state index in [2.05, 4.69) is 4.89 Å². The van der Waals surface area contributed by atoms with Gasteiger partial charge in [-0.25, -0.2) is 9.78 Å². The minimum absolute atomic E-state index is 0.0962. The summed E-state index contributed by atoms with van der Waals surface area (Å²) < 4.78 is 6.41. The molecule has 6 heteroatoms. The van der Waals surface area contributed by atoms with Crippen molar-refractivity contribution in [2.24, 2.45) is 5.92 Å². The maximum Gasteiger partial charge on any atom is 0.352 e. The monoisotopic (exact) mass is 483 g/mol. The van der Waals surface area contributed by atoms with E-state index < -0.39 is 11.6 Å². The van der Waals surface area contributed by atoms with Gasteiger partial charge in [0.25, 0.3) is 0 Å². The van der Waals surface area contributed by atoms with Gasteiger partial charge in [0.05, 0.1) is 0 Å². The first-order chi connectivity index (χ1) is 17.5. The number of nitrogens with zero attached hydrogens (tertiary/aromatic N) is 1. The summed E-state index contributed by atoms with van der Waals surface area (Å²) in [7, 11) is 0. The van der Waals surface area contributed by atoms with E-state index in [-0.39, 0.29) is 5.92 Å². The molecule has 3 aromatic carbocycles. The van der Waals surface area contributed by atoms with Gasteiger partial charge in [-0.1, -0.05) is 85.6 Å². The lowest BCUT2D eigenvalue weighted by Crippen LogP contribution is -2.39. The molecule has 1 N–H and O–H groups in total. The number of rotatable bonds is 7. The normalized spacial score (nSPS) is 19.6. The van der Waals surface area contributed by atoms with Crippen molar-refractivity contribution < 1.29 is 24.1 Å². The highest BCUT2D eigenvalue weighted by molar-refractivity contribution is 5.76. The molecule has 2 atom stereocenters. The third-order valence-electron chi connectivity index (χ3n) is 6.75. The van der Waals surface area contributed by atoms with Crippen molar-refractivity contribution in [1.29, 1.82) is 0 Å². The highest BCUT2D eigenvalue weighted by Crippen LogP contribution is 2.46. The van der Waals surface area contributed by atoms with Crippen LogP contribution in [-0.4, -0.2) is 16.1 Å². The molecule has 1 heterocycles. The Kier molecular flexibility index (Phi) is 6.87. The van der Waals surface area contributed by atoms with E-state index >= 15 is 0 Å². The Hall–Kier alpha value is -3.90. The summed E-state index contributed by atoms with van der Waals surface area (Å²) in [5, 5.41) is 12.1. The third kappa shape index (κ3) is 5.04. The van der Waals surface area contributed by atoms with Crippen molar-refractivity contribution in [2.45, 2.75) is 44.6 Å². The lowest BCUT2D eigenvalue weighted by molar-refractivity contribution is -0.210. The minimum Gasteiger partial charge on any atom is -0.437 e. The highest BCUT2D eigenvalue weighted by Gasteiger charge is 2.45. The summed E-state index contributed by atoms with van der Waals surface area (Å²) >= 11 is 0. The summed E-state index contributed by atoms with van der Waals surface area (Å²) in [5.74, 6) is 0.843. The second kappa shape index (κ2) is 10.4. The lowest BCUT2D eigenvalue weighted by atomic mass is 9.72. The molecule has 4 aromatic rings. The molecule has 1 aliphatic carbocycles. The fraction of sp³-hybridized carbons (Fsp3) is 0.267. The van der Waals surface area contributed by atoms with Crippen molar-refractivity contribution in [1.82, 2.24) is 4.98 Å². The second-order valence-electron chi connectivity index (χ2n) is 9.31.